The van der Waals surface area contributed by atoms with Crippen LogP contribution >= 0.6 is 23.8 Å². The minimum Gasteiger partial charge on any atom is -0.341 e. The number of nitrogens with zero attached hydrogens (tertiary/aromatic N) is 4. The summed E-state index contributed by atoms with van der Waals surface area (Å²) in [5.41, 5.74) is 0.379. The highest BCUT2D eigenvalue weighted by atomic mass is 35.5. The summed E-state index contributed by atoms with van der Waals surface area (Å²) >= 11 is 11.7. The molecule has 3 heterocycles. The number of hydrogen-bond donors (Lipinski definition) is 1. The molecule has 35 heavy (non-hydrogen) atoms. The summed E-state index contributed by atoms with van der Waals surface area (Å²) in [6.07, 6.45) is -3.97. The van der Waals surface area contributed by atoms with Crippen LogP contribution in [0.1, 0.15) is 23.1 Å². The zero-order chi connectivity index (χ0) is 25.2. The Labute approximate surface area is 208 Å². The molecule has 3 saturated heterocycles. The van der Waals surface area contributed by atoms with Crippen molar-refractivity contribution in [2.24, 2.45) is 0 Å². The molecule has 2 aromatic carbocycles. The van der Waals surface area contributed by atoms with E-state index in [0.29, 0.717) is 24.2 Å². The first kappa shape index (κ1) is 23.4. The number of likely N-dealkylation sites (tertiary alicyclic amines) is 1. The number of imide groups is 1. The predicted molar refractivity (Wildman–Crippen MR) is 126 cm³/mol. The Bertz CT molecular complexity index is 1330. The lowest BCUT2D eigenvalue weighted by Crippen LogP contribution is -2.55. The molecule has 0 saturated carbocycles. The topological polar surface area (TPSA) is 79.7 Å². The van der Waals surface area contributed by atoms with Crippen LogP contribution in [0.3, 0.4) is 0 Å². The molecule has 1 N–H and O–H groups in total. The molecule has 0 aromatic heterocycles. The van der Waals surface area contributed by atoms with Crippen LogP contribution < -0.4 is 10.2 Å². The van der Waals surface area contributed by atoms with Gasteiger partial charge in [0.15, 0.2) is 5.11 Å². The van der Waals surface area contributed by atoms with Crippen LogP contribution in [0.2, 0.25) is 5.02 Å². The highest BCUT2D eigenvalue weighted by molar-refractivity contribution is 7.80. The van der Waals surface area contributed by atoms with Crippen LogP contribution in [0.25, 0.3) is 0 Å². The van der Waals surface area contributed by atoms with Crippen LogP contribution in [0.5, 0.6) is 0 Å². The van der Waals surface area contributed by atoms with Crippen molar-refractivity contribution in [3.8, 4) is 6.07 Å². The number of carbonyl (C=O) groups excluding carboxylic acids is 2. The molecule has 3 amide bonds. The molecule has 7 nitrogen and oxygen atoms in total. The van der Waals surface area contributed by atoms with Crippen LogP contribution in [0.15, 0.2) is 36.4 Å². The van der Waals surface area contributed by atoms with Crippen LogP contribution in [0.4, 0.5) is 29.3 Å². The largest absolute Gasteiger partial charge is 0.416 e. The van der Waals surface area contributed by atoms with E-state index < -0.39 is 35.8 Å². The molecule has 5 rings (SSSR count). The average molecular weight is 520 g/mol. The summed E-state index contributed by atoms with van der Waals surface area (Å²) in [6.45, 7) is 1.99. The fourth-order valence-corrected chi connectivity index (χ4v) is 5.61. The van der Waals surface area contributed by atoms with Crippen molar-refractivity contribution in [2.75, 3.05) is 16.8 Å². The third-order valence-corrected chi connectivity index (χ3v) is 7.51. The number of nitriles is 1. The van der Waals surface area contributed by atoms with Gasteiger partial charge in [0.1, 0.15) is 12.1 Å². The maximum atomic E-state index is 13.4. The van der Waals surface area contributed by atoms with E-state index in [1.807, 2.05) is 6.07 Å². The summed E-state index contributed by atoms with van der Waals surface area (Å²) in [6, 6.07) is 7.72. The van der Waals surface area contributed by atoms with Crippen molar-refractivity contribution in [3.05, 3.63) is 58.1 Å². The molecule has 0 aliphatic carbocycles. The third kappa shape index (κ3) is 3.59. The quantitative estimate of drug-likeness (QED) is 0.464. The number of halogens is 4. The number of urea groups is 1. The van der Waals surface area contributed by atoms with Crippen LogP contribution in [-0.4, -0.2) is 51.5 Å². The number of carbonyl (C=O) groups is 2. The van der Waals surface area contributed by atoms with Crippen molar-refractivity contribution < 1.29 is 22.8 Å². The van der Waals surface area contributed by atoms with Gasteiger partial charge in [0.2, 0.25) is 0 Å². The second kappa shape index (κ2) is 8.10. The highest BCUT2D eigenvalue weighted by Gasteiger charge is 2.62. The molecule has 3 aliphatic heterocycles. The molecule has 2 bridgehead atoms. The lowest BCUT2D eigenvalue weighted by atomic mass is 10.1. The Hall–Kier alpha value is -3.36. The van der Waals surface area contributed by atoms with Gasteiger partial charge in [-0.2, -0.15) is 18.4 Å². The standard InChI is InChI=1S/C23H17ClF3N5O2S/c1-11-16(6-5-12(9-28)18(11)24)32-20(33)19-17-8-15(31(19)22(32)34)10-30(17)21(35)29-14-4-2-3-13(7-14)23(25,26)27/h2-7,15,17,19H,8,10H2,1H3,(H,29,35)/t15?,17?,19-/m1/s1. The maximum absolute atomic E-state index is 13.4. The first-order valence-corrected chi connectivity index (χ1v) is 11.4. The maximum Gasteiger partial charge on any atom is 0.416 e. The van der Waals surface area contributed by atoms with Crippen molar-refractivity contribution >= 4 is 52.2 Å². The lowest BCUT2D eigenvalue weighted by Gasteiger charge is -2.36. The molecule has 3 fully saturated rings. The van der Waals surface area contributed by atoms with E-state index in [1.165, 1.54) is 24.3 Å². The van der Waals surface area contributed by atoms with E-state index in [9.17, 15) is 28.0 Å². The van der Waals surface area contributed by atoms with Gasteiger partial charge in [0.25, 0.3) is 5.91 Å². The van der Waals surface area contributed by atoms with E-state index in [1.54, 1.807) is 16.7 Å². The Balaban J connectivity index is 1.38. The van der Waals surface area contributed by atoms with Gasteiger partial charge in [-0.05, 0) is 61.5 Å². The van der Waals surface area contributed by atoms with Gasteiger partial charge in [-0.1, -0.05) is 17.7 Å². The van der Waals surface area contributed by atoms with Gasteiger partial charge in [0, 0.05) is 12.2 Å². The number of benzene rings is 2. The summed E-state index contributed by atoms with van der Waals surface area (Å²) < 4.78 is 39.2. The third-order valence-electron chi connectivity index (χ3n) is 6.69. The summed E-state index contributed by atoms with van der Waals surface area (Å²) in [5.74, 6) is -0.432. The molecule has 0 radical (unpaired) electrons. The predicted octanol–water partition coefficient (Wildman–Crippen LogP) is 4.53. The van der Waals surface area contributed by atoms with Crippen molar-refractivity contribution in [1.82, 2.24) is 9.80 Å². The summed E-state index contributed by atoms with van der Waals surface area (Å²) in [4.78, 5) is 31.1. The van der Waals surface area contributed by atoms with Crippen LogP contribution in [0, 0.1) is 18.3 Å². The molecule has 3 atom stereocenters. The SMILES string of the molecule is Cc1c(N2C(=O)[C@H]3C4CC(CN4C(=S)Nc4cccc(C(F)(F)F)c4)N3C2=O)ccc(C#N)c1Cl. The molecular formula is C23H17ClF3N5O2S. The number of thiocarbonyl (C=S) groups is 1. The summed E-state index contributed by atoms with van der Waals surface area (Å²) in [5, 5.41) is 12.4. The van der Waals surface area contributed by atoms with E-state index in [2.05, 4.69) is 5.32 Å². The fraction of sp³-hybridized carbons (Fsp3) is 0.304. The molecule has 180 valence electrons. The van der Waals surface area contributed by atoms with Crippen molar-refractivity contribution in [1.29, 1.82) is 5.26 Å². The second-order valence-corrected chi connectivity index (χ2v) is 9.37. The number of piperazine rings is 1. The van der Waals surface area contributed by atoms with Crippen molar-refractivity contribution in [3.63, 3.8) is 0 Å². The fourth-order valence-electron chi connectivity index (χ4n) is 5.08. The summed E-state index contributed by atoms with van der Waals surface area (Å²) in [7, 11) is 0. The molecular weight excluding hydrogens is 503 g/mol. The van der Waals surface area contributed by atoms with Gasteiger partial charge in [-0.15, -0.1) is 0 Å². The van der Waals surface area contributed by atoms with Crippen molar-refractivity contribution in [2.45, 2.75) is 37.6 Å². The minimum absolute atomic E-state index is 0.175. The number of alkyl halides is 3. The normalized spacial score (nSPS) is 23.1. The molecule has 12 heteroatoms. The first-order chi connectivity index (χ1) is 16.5. The number of amides is 3. The lowest BCUT2D eigenvalue weighted by molar-refractivity contribution is -0.137. The average Bonchev–Trinajstić information content (AvgIpc) is 3.47. The number of anilines is 2. The monoisotopic (exact) mass is 519 g/mol. The van der Waals surface area contributed by atoms with Crippen LogP contribution in [-0.2, 0) is 11.0 Å². The smallest absolute Gasteiger partial charge is 0.341 e. The Morgan fingerprint density at radius 2 is 2.00 bits per heavy atom. The Morgan fingerprint density at radius 1 is 1.26 bits per heavy atom. The number of nitrogens with one attached hydrogen (secondary N) is 1. The molecule has 2 aromatic rings. The van der Waals surface area contributed by atoms with Gasteiger partial charge >= 0.3 is 12.2 Å². The van der Waals surface area contributed by atoms with Gasteiger partial charge in [-0.25, -0.2) is 9.69 Å². The van der Waals surface area contributed by atoms with E-state index in [4.69, 9.17) is 23.8 Å². The molecule has 2 unspecified atom stereocenters. The van der Waals surface area contributed by atoms with E-state index in [-0.39, 0.29) is 27.4 Å². The Kier molecular flexibility index (Phi) is 5.41. The first-order valence-electron chi connectivity index (χ1n) is 10.6. The molecule has 3 aliphatic rings. The van der Waals surface area contributed by atoms with Gasteiger partial charge < -0.3 is 15.1 Å². The van der Waals surface area contributed by atoms with E-state index in [0.717, 1.165) is 17.0 Å². The van der Waals surface area contributed by atoms with Gasteiger partial charge in [0.05, 0.1) is 33.9 Å². The second-order valence-electron chi connectivity index (χ2n) is 8.61. The Morgan fingerprint density at radius 3 is 2.69 bits per heavy atom. The highest BCUT2D eigenvalue weighted by Crippen LogP contribution is 2.44. The molecule has 0 spiro atoms. The number of hydrogen-bond acceptors (Lipinski definition) is 4. The van der Waals surface area contributed by atoms with E-state index >= 15 is 0 Å². The zero-order valence-corrected chi connectivity index (χ0v) is 19.7. The minimum atomic E-state index is -4.49. The van der Waals surface area contributed by atoms with Gasteiger partial charge in [-0.3, -0.25) is 4.79 Å². The number of fused-ring (bicyclic) bond motifs is 5. The number of rotatable bonds is 2. The zero-order valence-electron chi connectivity index (χ0n) is 18.1.